The van der Waals surface area contributed by atoms with Gasteiger partial charge in [0.2, 0.25) is 4.96 Å². The maximum absolute atomic E-state index is 12.4. The molecule has 6 nitrogen and oxygen atoms in total. The van der Waals surface area contributed by atoms with E-state index < -0.39 is 0 Å². The standard InChI is InChI=1S/C23H23ClN4O2S/c1-2-3-14-30-20-10-6-17(7-11-20)22(29)25-13-12-19-15-31-23-26-21(27-28(19)23)16-4-8-18(24)9-5-16/h4-11,15H,2-3,12-14H2,1H3,(H,25,29). The summed E-state index contributed by atoms with van der Waals surface area (Å²) in [6.45, 7) is 3.33. The van der Waals surface area contributed by atoms with Gasteiger partial charge >= 0.3 is 0 Å². The van der Waals surface area contributed by atoms with Crippen LogP contribution in [-0.2, 0) is 6.42 Å². The van der Waals surface area contributed by atoms with Crippen molar-refractivity contribution in [1.29, 1.82) is 0 Å². The lowest BCUT2D eigenvalue weighted by atomic mass is 10.2. The molecule has 0 spiro atoms. The molecular formula is C23H23ClN4O2S. The quantitative estimate of drug-likeness (QED) is 0.350. The number of hydrogen-bond donors (Lipinski definition) is 1. The van der Waals surface area contributed by atoms with E-state index in [1.807, 2.05) is 46.3 Å². The number of carbonyl (C=O) groups is 1. The molecule has 31 heavy (non-hydrogen) atoms. The Morgan fingerprint density at radius 2 is 1.94 bits per heavy atom. The molecule has 2 aromatic heterocycles. The Morgan fingerprint density at radius 3 is 2.68 bits per heavy atom. The lowest BCUT2D eigenvalue weighted by Crippen LogP contribution is -2.26. The van der Waals surface area contributed by atoms with Crippen LogP contribution in [-0.4, -0.2) is 33.7 Å². The Balaban J connectivity index is 1.34. The van der Waals surface area contributed by atoms with Crippen molar-refractivity contribution in [3.05, 3.63) is 70.2 Å². The first kappa shape index (κ1) is 21.3. The molecule has 2 heterocycles. The van der Waals surface area contributed by atoms with Crippen molar-refractivity contribution in [3.63, 3.8) is 0 Å². The number of rotatable bonds is 9. The number of thiazole rings is 1. The molecule has 0 saturated heterocycles. The van der Waals surface area contributed by atoms with Gasteiger partial charge in [0.25, 0.3) is 5.91 Å². The van der Waals surface area contributed by atoms with Gasteiger partial charge in [-0.05, 0) is 55.0 Å². The topological polar surface area (TPSA) is 68.5 Å². The molecule has 0 saturated carbocycles. The number of unbranched alkanes of at least 4 members (excludes halogenated alkanes) is 1. The fraction of sp³-hybridized carbons (Fsp3) is 0.261. The van der Waals surface area contributed by atoms with E-state index in [0.717, 1.165) is 34.8 Å². The summed E-state index contributed by atoms with van der Waals surface area (Å²) in [5.41, 5.74) is 2.54. The van der Waals surface area contributed by atoms with Gasteiger partial charge in [-0.25, -0.2) is 4.52 Å². The summed E-state index contributed by atoms with van der Waals surface area (Å²) < 4.78 is 7.48. The monoisotopic (exact) mass is 454 g/mol. The molecule has 0 bridgehead atoms. The van der Waals surface area contributed by atoms with Crippen LogP contribution in [0.5, 0.6) is 5.75 Å². The highest BCUT2D eigenvalue weighted by molar-refractivity contribution is 7.15. The molecule has 160 valence electrons. The first-order valence-corrected chi connectivity index (χ1v) is 11.5. The fourth-order valence-electron chi connectivity index (χ4n) is 3.06. The molecule has 1 N–H and O–H groups in total. The van der Waals surface area contributed by atoms with Crippen molar-refractivity contribution in [3.8, 4) is 17.1 Å². The second-order valence-electron chi connectivity index (χ2n) is 7.10. The molecule has 2 aromatic carbocycles. The summed E-state index contributed by atoms with van der Waals surface area (Å²) in [4.78, 5) is 17.8. The van der Waals surface area contributed by atoms with Crippen molar-refractivity contribution in [2.24, 2.45) is 0 Å². The second-order valence-corrected chi connectivity index (χ2v) is 8.37. The van der Waals surface area contributed by atoms with E-state index in [0.29, 0.717) is 36.0 Å². The third-order valence-corrected chi connectivity index (χ3v) is 5.92. The van der Waals surface area contributed by atoms with E-state index in [-0.39, 0.29) is 5.91 Å². The summed E-state index contributed by atoms with van der Waals surface area (Å²) in [5, 5.41) is 10.3. The number of fused-ring (bicyclic) bond motifs is 1. The minimum atomic E-state index is -0.105. The molecule has 1 amide bonds. The summed E-state index contributed by atoms with van der Waals surface area (Å²) >= 11 is 7.49. The molecule has 0 aliphatic rings. The number of hydrogen-bond acceptors (Lipinski definition) is 5. The number of carbonyl (C=O) groups excluding carboxylic acids is 1. The number of benzene rings is 2. The van der Waals surface area contributed by atoms with E-state index in [1.54, 1.807) is 12.1 Å². The van der Waals surface area contributed by atoms with Gasteiger partial charge in [-0.1, -0.05) is 24.9 Å². The Hall–Kier alpha value is -2.90. The van der Waals surface area contributed by atoms with Gasteiger partial charge in [0.05, 0.1) is 12.3 Å². The Bertz CT molecular complexity index is 1150. The van der Waals surface area contributed by atoms with E-state index in [4.69, 9.17) is 16.3 Å². The Labute approximate surface area is 189 Å². The van der Waals surface area contributed by atoms with Gasteiger partial charge in [0.15, 0.2) is 5.82 Å². The number of halogens is 1. The van der Waals surface area contributed by atoms with Crippen LogP contribution in [0.3, 0.4) is 0 Å². The van der Waals surface area contributed by atoms with Crippen LogP contribution in [0.4, 0.5) is 0 Å². The Morgan fingerprint density at radius 1 is 1.16 bits per heavy atom. The summed E-state index contributed by atoms with van der Waals surface area (Å²) in [5.74, 6) is 1.34. The largest absolute Gasteiger partial charge is 0.494 e. The van der Waals surface area contributed by atoms with Crippen LogP contribution >= 0.6 is 22.9 Å². The summed E-state index contributed by atoms with van der Waals surface area (Å²) in [6.07, 6.45) is 2.77. The maximum Gasteiger partial charge on any atom is 0.251 e. The zero-order valence-corrected chi connectivity index (χ0v) is 18.7. The fourth-order valence-corrected chi connectivity index (χ4v) is 4.04. The molecule has 0 aliphatic carbocycles. The highest BCUT2D eigenvalue weighted by Crippen LogP contribution is 2.22. The van der Waals surface area contributed by atoms with E-state index in [9.17, 15) is 4.79 Å². The van der Waals surface area contributed by atoms with E-state index in [1.165, 1.54) is 11.3 Å². The predicted octanol–water partition coefficient (Wildman–Crippen LogP) is 5.26. The SMILES string of the molecule is CCCCOc1ccc(C(=O)NCCc2csc3nc(-c4ccc(Cl)cc4)nn23)cc1. The molecular weight excluding hydrogens is 432 g/mol. The minimum absolute atomic E-state index is 0.105. The highest BCUT2D eigenvalue weighted by Gasteiger charge is 2.12. The third kappa shape index (κ3) is 5.24. The first-order valence-electron chi connectivity index (χ1n) is 10.2. The maximum atomic E-state index is 12.4. The lowest BCUT2D eigenvalue weighted by Gasteiger charge is -2.07. The van der Waals surface area contributed by atoms with Gasteiger partial charge in [0, 0.05) is 34.5 Å². The van der Waals surface area contributed by atoms with Gasteiger partial charge in [-0.3, -0.25) is 4.79 Å². The molecule has 0 aliphatic heterocycles. The number of nitrogens with zero attached hydrogens (tertiary/aromatic N) is 3. The zero-order valence-electron chi connectivity index (χ0n) is 17.2. The normalized spacial score (nSPS) is 11.0. The van der Waals surface area contributed by atoms with Crippen molar-refractivity contribution in [1.82, 2.24) is 19.9 Å². The van der Waals surface area contributed by atoms with Gasteiger partial charge in [-0.15, -0.1) is 16.4 Å². The second kappa shape index (κ2) is 9.94. The molecule has 8 heteroatoms. The van der Waals surface area contributed by atoms with Crippen LogP contribution in [0.2, 0.25) is 5.02 Å². The molecule has 4 aromatic rings. The molecule has 0 fully saturated rings. The molecule has 0 radical (unpaired) electrons. The van der Waals surface area contributed by atoms with E-state index in [2.05, 4.69) is 22.3 Å². The van der Waals surface area contributed by atoms with Crippen molar-refractivity contribution in [2.75, 3.05) is 13.2 Å². The minimum Gasteiger partial charge on any atom is -0.494 e. The highest BCUT2D eigenvalue weighted by atomic mass is 35.5. The smallest absolute Gasteiger partial charge is 0.251 e. The summed E-state index contributed by atoms with van der Waals surface area (Å²) in [7, 11) is 0. The molecule has 4 rings (SSSR count). The van der Waals surface area contributed by atoms with Gasteiger partial charge in [-0.2, -0.15) is 4.98 Å². The van der Waals surface area contributed by atoms with Crippen LogP contribution in [0.25, 0.3) is 16.3 Å². The van der Waals surface area contributed by atoms with Crippen LogP contribution < -0.4 is 10.1 Å². The van der Waals surface area contributed by atoms with Gasteiger partial charge in [0.1, 0.15) is 5.75 Å². The number of nitrogens with one attached hydrogen (secondary N) is 1. The predicted molar refractivity (Wildman–Crippen MR) is 124 cm³/mol. The van der Waals surface area contributed by atoms with Crippen molar-refractivity contribution < 1.29 is 9.53 Å². The molecule has 0 atom stereocenters. The molecule has 0 unspecified atom stereocenters. The number of amides is 1. The number of aromatic nitrogens is 3. The zero-order chi connectivity index (χ0) is 21.6. The van der Waals surface area contributed by atoms with Gasteiger partial charge < -0.3 is 10.1 Å². The van der Waals surface area contributed by atoms with Crippen molar-refractivity contribution >= 4 is 33.8 Å². The third-order valence-electron chi connectivity index (χ3n) is 4.80. The van der Waals surface area contributed by atoms with Crippen LogP contribution in [0.1, 0.15) is 35.8 Å². The van der Waals surface area contributed by atoms with E-state index >= 15 is 0 Å². The lowest BCUT2D eigenvalue weighted by molar-refractivity contribution is 0.0954. The first-order chi connectivity index (χ1) is 15.1. The van der Waals surface area contributed by atoms with Crippen molar-refractivity contribution in [2.45, 2.75) is 26.2 Å². The van der Waals surface area contributed by atoms with Crippen LogP contribution in [0, 0.1) is 0 Å². The summed E-state index contributed by atoms with van der Waals surface area (Å²) in [6, 6.07) is 14.7. The number of ether oxygens (including phenoxy) is 1. The van der Waals surface area contributed by atoms with Crippen LogP contribution in [0.15, 0.2) is 53.9 Å². The average Bonchev–Trinajstić information content (AvgIpc) is 3.37. The Kier molecular flexibility index (Phi) is 6.84. The average molecular weight is 455 g/mol.